The van der Waals surface area contributed by atoms with E-state index in [1.807, 2.05) is 20.8 Å². The van der Waals surface area contributed by atoms with Crippen molar-refractivity contribution in [3.05, 3.63) is 30.1 Å². The van der Waals surface area contributed by atoms with E-state index in [2.05, 4.69) is 20.8 Å². The number of thioether (sulfide) groups is 1. The van der Waals surface area contributed by atoms with E-state index in [1.54, 1.807) is 23.7 Å². The Hall–Kier alpha value is -2.42. The first-order valence-corrected chi connectivity index (χ1v) is 8.54. The first-order valence-electron chi connectivity index (χ1n) is 7.56. The molecule has 2 N–H and O–H groups in total. The van der Waals surface area contributed by atoms with Crippen LogP contribution in [0.25, 0.3) is 11.4 Å². The predicted molar refractivity (Wildman–Crippen MR) is 93.5 cm³/mol. The second-order valence-electron chi connectivity index (χ2n) is 6.41. The van der Waals surface area contributed by atoms with E-state index >= 15 is 0 Å². The first-order chi connectivity index (χ1) is 11.7. The van der Waals surface area contributed by atoms with Crippen LogP contribution in [0.4, 0.5) is 9.18 Å². The molecule has 0 bridgehead atoms. The molecular formula is C16H20FN5O2S. The van der Waals surface area contributed by atoms with E-state index in [1.165, 1.54) is 12.1 Å². The molecule has 0 radical (unpaired) electrons. The minimum absolute atomic E-state index is 0.0208. The Kier molecular flexibility index (Phi) is 5.78. The zero-order valence-corrected chi connectivity index (χ0v) is 15.3. The number of carbonyl (C=O) groups is 2. The van der Waals surface area contributed by atoms with Crippen molar-refractivity contribution < 1.29 is 14.0 Å². The third kappa shape index (κ3) is 5.56. The smallest absolute Gasteiger partial charge is 0.321 e. The monoisotopic (exact) mass is 365 g/mol. The van der Waals surface area contributed by atoms with Crippen LogP contribution in [0.5, 0.6) is 0 Å². The van der Waals surface area contributed by atoms with Gasteiger partial charge in [-0.3, -0.25) is 10.1 Å². The van der Waals surface area contributed by atoms with Gasteiger partial charge in [-0.2, -0.15) is 0 Å². The fourth-order valence-corrected chi connectivity index (χ4v) is 2.67. The van der Waals surface area contributed by atoms with Crippen LogP contribution in [0.1, 0.15) is 20.8 Å². The molecular weight excluding hydrogens is 345 g/mol. The van der Waals surface area contributed by atoms with Gasteiger partial charge in [0.1, 0.15) is 5.82 Å². The fourth-order valence-electron chi connectivity index (χ4n) is 1.96. The first kappa shape index (κ1) is 18.9. The van der Waals surface area contributed by atoms with Gasteiger partial charge in [-0.1, -0.05) is 11.8 Å². The highest BCUT2D eigenvalue weighted by Gasteiger charge is 2.17. The number of imide groups is 1. The average molecular weight is 365 g/mol. The number of hydrogen-bond donors (Lipinski definition) is 2. The lowest BCUT2D eigenvalue weighted by atomic mass is 10.1. The lowest BCUT2D eigenvalue weighted by molar-refractivity contribution is -0.117. The van der Waals surface area contributed by atoms with Gasteiger partial charge < -0.3 is 9.88 Å². The molecule has 0 aliphatic rings. The third-order valence-corrected chi connectivity index (χ3v) is 4.03. The summed E-state index contributed by atoms with van der Waals surface area (Å²) in [5, 5.41) is 13.5. The molecule has 9 heteroatoms. The van der Waals surface area contributed by atoms with E-state index in [0.29, 0.717) is 11.0 Å². The summed E-state index contributed by atoms with van der Waals surface area (Å²) in [5.41, 5.74) is 0.294. The number of nitrogens with zero attached hydrogens (tertiary/aromatic N) is 3. The van der Waals surface area contributed by atoms with Crippen LogP contribution in [-0.4, -0.2) is 38.0 Å². The molecule has 0 fully saturated rings. The van der Waals surface area contributed by atoms with Gasteiger partial charge in [0, 0.05) is 18.2 Å². The Labute approximate surface area is 149 Å². The van der Waals surface area contributed by atoms with E-state index in [-0.39, 0.29) is 11.6 Å². The molecule has 1 aromatic carbocycles. The molecule has 0 aliphatic carbocycles. The SMILES string of the molecule is Cn1c(SCC(=O)NC(=O)NC(C)(C)C)nnc1-c1ccc(F)cc1. The average Bonchev–Trinajstić information content (AvgIpc) is 2.85. The second kappa shape index (κ2) is 7.64. The topological polar surface area (TPSA) is 88.9 Å². The normalized spacial score (nSPS) is 11.2. The molecule has 0 atom stereocenters. The van der Waals surface area contributed by atoms with Crippen LogP contribution in [0.3, 0.4) is 0 Å². The van der Waals surface area contributed by atoms with Crippen LogP contribution in [0.2, 0.25) is 0 Å². The molecule has 0 saturated heterocycles. The number of nitrogens with one attached hydrogen (secondary N) is 2. The maximum absolute atomic E-state index is 13.0. The molecule has 3 amide bonds. The summed E-state index contributed by atoms with van der Waals surface area (Å²) in [7, 11) is 1.76. The Bertz CT molecular complexity index is 768. The standard InChI is InChI=1S/C16H20FN5O2S/c1-16(2,3)19-14(24)18-12(23)9-25-15-21-20-13(22(15)4)10-5-7-11(17)8-6-10/h5-8H,9H2,1-4H3,(H2,18,19,23,24). The summed E-state index contributed by atoms with van der Waals surface area (Å²) in [6, 6.07) is 5.37. The second-order valence-corrected chi connectivity index (χ2v) is 7.36. The van der Waals surface area contributed by atoms with E-state index in [0.717, 1.165) is 17.3 Å². The minimum atomic E-state index is -0.539. The molecule has 2 aromatic rings. The van der Waals surface area contributed by atoms with Crippen molar-refractivity contribution in [2.24, 2.45) is 7.05 Å². The Morgan fingerprint density at radius 1 is 1.20 bits per heavy atom. The van der Waals surface area contributed by atoms with Crippen LogP contribution >= 0.6 is 11.8 Å². The predicted octanol–water partition coefficient (Wildman–Crippen LogP) is 2.34. The molecule has 134 valence electrons. The van der Waals surface area contributed by atoms with Crippen molar-refractivity contribution in [3.8, 4) is 11.4 Å². The van der Waals surface area contributed by atoms with Gasteiger partial charge in [0.25, 0.3) is 0 Å². The van der Waals surface area contributed by atoms with Crippen LogP contribution in [0.15, 0.2) is 29.4 Å². The Balaban J connectivity index is 1.94. The van der Waals surface area contributed by atoms with Crippen molar-refractivity contribution in [2.75, 3.05) is 5.75 Å². The molecule has 0 unspecified atom stereocenters. The molecule has 0 aliphatic heterocycles. The minimum Gasteiger partial charge on any atom is -0.333 e. The lowest BCUT2D eigenvalue weighted by Gasteiger charge is -2.20. The molecule has 0 spiro atoms. The van der Waals surface area contributed by atoms with Crippen molar-refractivity contribution >= 4 is 23.7 Å². The van der Waals surface area contributed by atoms with Gasteiger partial charge in [0.05, 0.1) is 5.75 Å². The molecule has 1 aromatic heterocycles. The summed E-state index contributed by atoms with van der Waals surface area (Å²) >= 11 is 1.16. The van der Waals surface area contributed by atoms with Gasteiger partial charge in [0.2, 0.25) is 5.91 Å². The number of aromatic nitrogens is 3. The number of amides is 3. The molecule has 0 saturated carbocycles. The summed E-state index contributed by atoms with van der Waals surface area (Å²) < 4.78 is 14.7. The van der Waals surface area contributed by atoms with Crippen molar-refractivity contribution in [1.82, 2.24) is 25.4 Å². The summed E-state index contributed by atoms with van der Waals surface area (Å²) in [6.45, 7) is 5.47. The summed E-state index contributed by atoms with van der Waals surface area (Å²) in [5.74, 6) is -0.176. The number of halogens is 1. The lowest BCUT2D eigenvalue weighted by Crippen LogP contribution is -2.48. The Morgan fingerprint density at radius 2 is 1.84 bits per heavy atom. The number of carbonyl (C=O) groups excluding carboxylic acids is 2. The Morgan fingerprint density at radius 3 is 2.44 bits per heavy atom. The van der Waals surface area contributed by atoms with Crippen molar-refractivity contribution in [1.29, 1.82) is 0 Å². The van der Waals surface area contributed by atoms with E-state index in [4.69, 9.17) is 0 Å². The van der Waals surface area contributed by atoms with Gasteiger partial charge in [-0.05, 0) is 45.0 Å². The van der Waals surface area contributed by atoms with E-state index in [9.17, 15) is 14.0 Å². The quantitative estimate of drug-likeness (QED) is 0.812. The number of benzene rings is 1. The molecule has 25 heavy (non-hydrogen) atoms. The number of urea groups is 1. The highest BCUT2D eigenvalue weighted by atomic mass is 32.2. The highest BCUT2D eigenvalue weighted by Crippen LogP contribution is 2.22. The maximum Gasteiger partial charge on any atom is 0.321 e. The summed E-state index contributed by atoms with van der Waals surface area (Å²) in [6.07, 6.45) is 0. The number of rotatable bonds is 4. The third-order valence-electron chi connectivity index (χ3n) is 3.01. The molecule has 1 heterocycles. The van der Waals surface area contributed by atoms with Gasteiger partial charge in [0.15, 0.2) is 11.0 Å². The molecule has 2 rings (SSSR count). The van der Waals surface area contributed by atoms with Gasteiger partial charge in [-0.15, -0.1) is 10.2 Å². The van der Waals surface area contributed by atoms with Crippen LogP contribution < -0.4 is 10.6 Å². The largest absolute Gasteiger partial charge is 0.333 e. The zero-order chi connectivity index (χ0) is 18.6. The van der Waals surface area contributed by atoms with Gasteiger partial charge in [-0.25, -0.2) is 9.18 Å². The van der Waals surface area contributed by atoms with Crippen molar-refractivity contribution in [2.45, 2.75) is 31.5 Å². The molecule has 7 nitrogen and oxygen atoms in total. The zero-order valence-electron chi connectivity index (χ0n) is 14.5. The number of hydrogen-bond acceptors (Lipinski definition) is 5. The van der Waals surface area contributed by atoms with E-state index < -0.39 is 17.5 Å². The summed E-state index contributed by atoms with van der Waals surface area (Å²) in [4.78, 5) is 23.5. The van der Waals surface area contributed by atoms with Gasteiger partial charge >= 0.3 is 6.03 Å². The van der Waals surface area contributed by atoms with Crippen LogP contribution in [-0.2, 0) is 11.8 Å². The van der Waals surface area contributed by atoms with Crippen LogP contribution in [0, 0.1) is 5.82 Å². The van der Waals surface area contributed by atoms with Crippen molar-refractivity contribution in [3.63, 3.8) is 0 Å². The fraction of sp³-hybridized carbons (Fsp3) is 0.375. The maximum atomic E-state index is 13.0. The highest BCUT2D eigenvalue weighted by molar-refractivity contribution is 7.99.